The molecular formula is C29H29N3O5S2. The van der Waals surface area contributed by atoms with E-state index in [1.54, 1.807) is 19.2 Å². The molecule has 2 aromatic carbocycles. The second-order valence-electron chi connectivity index (χ2n) is 10.2. The van der Waals surface area contributed by atoms with Gasteiger partial charge in [-0.3, -0.25) is 23.7 Å². The van der Waals surface area contributed by atoms with Crippen molar-refractivity contribution in [1.29, 1.82) is 0 Å². The molecular weight excluding hydrogens is 534 g/mol. The van der Waals surface area contributed by atoms with Crippen molar-refractivity contribution in [2.24, 2.45) is 5.92 Å². The van der Waals surface area contributed by atoms with Crippen LogP contribution < -0.4 is 14.5 Å². The van der Waals surface area contributed by atoms with Gasteiger partial charge in [0.15, 0.2) is 0 Å². The molecule has 1 aromatic heterocycles. The van der Waals surface area contributed by atoms with Crippen molar-refractivity contribution in [3.8, 4) is 5.75 Å². The maximum atomic E-state index is 14.0. The number of thiazole rings is 1. The molecule has 8 nitrogen and oxygen atoms in total. The molecule has 0 spiro atoms. The molecule has 6 rings (SSSR count). The number of ether oxygens (including phenoxy) is 1. The minimum Gasteiger partial charge on any atom is -0.496 e. The largest absolute Gasteiger partial charge is 0.496 e. The second-order valence-corrected chi connectivity index (χ2v) is 12.3. The molecule has 0 aliphatic carbocycles. The topological polar surface area (TPSA) is 88.9 Å². The molecule has 0 saturated carbocycles. The normalized spacial score (nSPS) is 22.6. The van der Waals surface area contributed by atoms with Crippen molar-refractivity contribution < 1.29 is 19.1 Å². The fourth-order valence-electron chi connectivity index (χ4n) is 5.84. The first-order chi connectivity index (χ1) is 18.9. The van der Waals surface area contributed by atoms with E-state index < -0.39 is 17.1 Å². The average molecular weight is 564 g/mol. The number of fused-ring (bicyclic) bond motifs is 2. The number of aromatic nitrogens is 1. The van der Waals surface area contributed by atoms with Crippen molar-refractivity contribution >= 4 is 46.5 Å². The molecule has 4 heterocycles. The third-order valence-corrected chi connectivity index (χ3v) is 10.4. The Hall–Kier alpha value is -3.37. The first kappa shape index (κ1) is 25.9. The zero-order valence-corrected chi connectivity index (χ0v) is 23.4. The van der Waals surface area contributed by atoms with Gasteiger partial charge in [0.05, 0.1) is 23.7 Å². The van der Waals surface area contributed by atoms with Gasteiger partial charge in [-0.05, 0) is 44.4 Å². The van der Waals surface area contributed by atoms with Crippen LogP contribution in [0.2, 0.25) is 0 Å². The molecule has 2 fully saturated rings. The third-order valence-electron chi connectivity index (χ3n) is 7.82. The van der Waals surface area contributed by atoms with Crippen LogP contribution in [0, 0.1) is 12.8 Å². The number of para-hydroxylation sites is 1. The van der Waals surface area contributed by atoms with Gasteiger partial charge in [-0.25, -0.2) is 4.90 Å². The van der Waals surface area contributed by atoms with Crippen LogP contribution in [0.15, 0.2) is 58.4 Å². The number of methoxy groups -OCH3 is 1. The van der Waals surface area contributed by atoms with Crippen molar-refractivity contribution in [1.82, 2.24) is 9.47 Å². The molecule has 3 aliphatic rings. The van der Waals surface area contributed by atoms with E-state index in [0.29, 0.717) is 34.4 Å². The quantitative estimate of drug-likeness (QED) is 0.436. The lowest BCUT2D eigenvalue weighted by Crippen LogP contribution is -2.39. The Kier molecular flexibility index (Phi) is 6.84. The zero-order chi connectivity index (χ0) is 27.3. The van der Waals surface area contributed by atoms with Gasteiger partial charge >= 0.3 is 4.87 Å². The molecule has 202 valence electrons. The van der Waals surface area contributed by atoms with Crippen molar-refractivity contribution in [2.75, 3.05) is 25.1 Å². The molecule has 3 aromatic rings. The van der Waals surface area contributed by atoms with Crippen LogP contribution in [0.5, 0.6) is 5.75 Å². The highest BCUT2D eigenvalue weighted by atomic mass is 32.2. The average Bonchev–Trinajstić information content (AvgIpc) is 3.40. The van der Waals surface area contributed by atoms with Gasteiger partial charge in [-0.15, -0.1) is 0 Å². The second kappa shape index (κ2) is 10.3. The van der Waals surface area contributed by atoms with Gasteiger partial charge in [0.25, 0.3) is 0 Å². The van der Waals surface area contributed by atoms with Crippen LogP contribution in [-0.4, -0.2) is 52.6 Å². The van der Waals surface area contributed by atoms with Crippen LogP contribution in [0.25, 0.3) is 0 Å². The smallest absolute Gasteiger partial charge is 0.308 e. The number of hydrogen-bond acceptors (Lipinski definition) is 7. The fourth-order valence-corrected chi connectivity index (χ4v) is 8.60. The summed E-state index contributed by atoms with van der Waals surface area (Å²) in [5, 5.41) is -0.133. The Labute approximate surface area is 234 Å². The van der Waals surface area contributed by atoms with Crippen molar-refractivity contribution in [3.05, 3.63) is 74.2 Å². The first-order valence-corrected chi connectivity index (χ1v) is 14.8. The van der Waals surface area contributed by atoms with E-state index in [2.05, 4.69) is 0 Å². The number of likely N-dealkylation sites (tertiary alicyclic amines) is 1. The van der Waals surface area contributed by atoms with Crippen LogP contribution >= 0.6 is 23.1 Å². The van der Waals surface area contributed by atoms with E-state index in [0.717, 1.165) is 41.7 Å². The van der Waals surface area contributed by atoms with Gasteiger partial charge in [-0.2, -0.15) is 0 Å². The Morgan fingerprint density at radius 3 is 2.41 bits per heavy atom. The summed E-state index contributed by atoms with van der Waals surface area (Å²) in [4.78, 5) is 57.9. The molecule has 0 bridgehead atoms. The van der Waals surface area contributed by atoms with Crippen LogP contribution in [0.3, 0.4) is 0 Å². The summed E-state index contributed by atoms with van der Waals surface area (Å²) in [6.45, 7) is 3.27. The molecule has 10 heteroatoms. The van der Waals surface area contributed by atoms with Gasteiger partial charge < -0.3 is 9.64 Å². The Bertz CT molecular complexity index is 1510. The van der Waals surface area contributed by atoms with E-state index in [-0.39, 0.29) is 29.1 Å². The van der Waals surface area contributed by atoms with Gasteiger partial charge in [-0.1, -0.05) is 59.0 Å². The number of carbonyl (C=O) groups excluding carboxylic acids is 3. The third kappa shape index (κ3) is 4.39. The lowest BCUT2D eigenvalue weighted by atomic mass is 9.82. The number of hydrogen-bond donors (Lipinski definition) is 0. The van der Waals surface area contributed by atoms with E-state index in [9.17, 15) is 19.2 Å². The summed E-state index contributed by atoms with van der Waals surface area (Å²) in [5.74, 6) is -1.37. The predicted octanol–water partition coefficient (Wildman–Crippen LogP) is 4.04. The summed E-state index contributed by atoms with van der Waals surface area (Å²) in [7, 11) is 1.57. The number of thioether (sulfide) groups is 1. The minimum atomic E-state index is -0.730. The number of imide groups is 1. The highest BCUT2D eigenvalue weighted by Crippen LogP contribution is 2.55. The molecule has 3 amide bonds. The summed E-state index contributed by atoms with van der Waals surface area (Å²) in [6.07, 6.45) is 3.02. The molecule has 0 radical (unpaired) electrons. The maximum absolute atomic E-state index is 14.0. The van der Waals surface area contributed by atoms with Gasteiger partial charge in [0, 0.05) is 29.4 Å². The molecule has 3 atom stereocenters. The summed E-state index contributed by atoms with van der Waals surface area (Å²) in [6, 6.07) is 14.8. The van der Waals surface area contributed by atoms with Gasteiger partial charge in [0.2, 0.25) is 17.7 Å². The number of amides is 3. The highest BCUT2D eigenvalue weighted by molar-refractivity contribution is 8.00. The summed E-state index contributed by atoms with van der Waals surface area (Å²) < 4.78 is 7.18. The number of rotatable bonds is 5. The van der Waals surface area contributed by atoms with Crippen LogP contribution in [-0.2, 0) is 20.9 Å². The predicted molar refractivity (Wildman–Crippen MR) is 151 cm³/mol. The van der Waals surface area contributed by atoms with Crippen LogP contribution in [0.1, 0.15) is 41.2 Å². The molecule has 0 N–H and O–H groups in total. The lowest BCUT2D eigenvalue weighted by Gasteiger charge is -2.32. The van der Waals surface area contributed by atoms with E-state index in [1.807, 2.05) is 48.2 Å². The Morgan fingerprint density at radius 1 is 0.974 bits per heavy atom. The van der Waals surface area contributed by atoms with Crippen molar-refractivity contribution in [3.63, 3.8) is 0 Å². The molecule has 39 heavy (non-hydrogen) atoms. The monoisotopic (exact) mass is 563 g/mol. The van der Waals surface area contributed by atoms with Gasteiger partial charge in [0.1, 0.15) is 17.5 Å². The number of anilines is 1. The molecule has 3 unspecified atom stereocenters. The molecule has 2 saturated heterocycles. The number of carbonyl (C=O) groups is 3. The SMILES string of the molecule is COc1ccccc1C1c2sc(=O)n(CC(=O)N3CCCCC3)c2SC2C(=O)N(c3ccc(C)cc3)C(=O)C21. The molecule has 3 aliphatic heterocycles. The van der Waals surface area contributed by atoms with E-state index in [4.69, 9.17) is 4.74 Å². The first-order valence-electron chi connectivity index (χ1n) is 13.1. The number of nitrogens with zero attached hydrogens (tertiary/aromatic N) is 3. The number of benzene rings is 2. The summed E-state index contributed by atoms with van der Waals surface area (Å²) in [5.41, 5.74) is 2.31. The fraction of sp³-hybridized carbons (Fsp3) is 0.379. The zero-order valence-electron chi connectivity index (χ0n) is 21.8. The highest BCUT2D eigenvalue weighted by Gasteiger charge is 2.57. The minimum absolute atomic E-state index is 0.0719. The maximum Gasteiger partial charge on any atom is 0.308 e. The number of piperidine rings is 1. The standard InChI is InChI=1S/C29H29N3O5S2/c1-17-10-12-18(13-11-17)32-26(34)23-22(19-8-4-5-9-20(19)37-2)25-28(38-24(23)27(32)35)31(29(36)39-25)16-21(33)30-14-6-3-7-15-30/h4-5,8-13,22-24H,3,6-7,14-16H2,1-2H3. The van der Waals surface area contributed by atoms with Crippen LogP contribution in [0.4, 0.5) is 5.69 Å². The Balaban J connectivity index is 1.46. The number of aryl methyl sites for hydroxylation is 1. The van der Waals surface area contributed by atoms with E-state index >= 15 is 0 Å². The van der Waals surface area contributed by atoms with Crippen molar-refractivity contribution in [2.45, 2.75) is 48.9 Å². The Morgan fingerprint density at radius 2 is 1.69 bits per heavy atom. The van der Waals surface area contributed by atoms with E-state index in [1.165, 1.54) is 21.2 Å². The lowest BCUT2D eigenvalue weighted by molar-refractivity contribution is -0.133. The summed E-state index contributed by atoms with van der Waals surface area (Å²) >= 11 is 2.30.